The quantitative estimate of drug-likeness (QED) is 0.888. The maximum Gasteiger partial charge on any atom is 0.125 e. The molecule has 3 rings (SSSR count). The van der Waals surface area contributed by atoms with Crippen LogP contribution in [0.4, 0.5) is 0 Å². The van der Waals surface area contributed by atoms with Crippen LogP contribution in [0.15, 0.2) is 18.2 Å². The van der Waals surface area contributed by atoms with Crippen LogP contribution < -0.4 is 10.5 Å². The molecule has 0 aliphatic heterocycles. The molecule has 0 radical (unpaired) electrons. The Morgan fingerprint density at radius 1 is 1.30 bits per heavy atom. The largest absolute Gasteiger partial charge is 0.493 e. The van der Waals surface area contributed by atoms with Crippen LogP contribution >= 0.6 is 0 Å². The van der Waals surface area contributed by atoms with Gasteiger partial charge in [-0.05, 0) is 68.4 Å². The van der Waals surface area contributed by atoms with Gasteiger partial charge >= 0.3 is 0 Å². The Labute approximate surface area is 122 Å². The van der Waals surface area contributed by atoms with E-state index in [-0.39, 0.29) is 6.04 Å². The highest BCUT2D eigenvalue weighted by molar-refractivity contribution is 5.41. The standard InChI is InChI=1S/C18H27NO/c1-12-4-3-5-16(8-13(2)19)18(12)20-11-17-10-14-6-7-15(17)9-14/h3-5,13-15,17H,6-11,19H2,1-2H3. The van der Waals surface area contributed by atoms with Crippen LogP contribution in [0.3, 0.4) is 0 Å². The molecule has 0 amide bonds. The lowest BCUT2D eigenvalue weighted by Gasteiger charge is -2.23. The molecule has 2 bridgehead atoms. The fourth-order valence-electron chi connectivity index (χ4n) is 4.20. The summed E-state index contributed by atoms with van der Waals surface area (Å²) in [6.07, 6.45) is 6.63. The lowest BCUT2D eigenvalue weighted by molar-refractivity contribution is 0.193. The van der Waals surface area contributed by atoms with E-state index in [4.69, 9.17) is 10.5 Å². The molecule has 0 heterocycles. The molecule has 20 heavy (non-hydrogen) atoms. The molecule has 0 spiro atoms. The summed E-state index contributed by atoms with van der Waals surface area (Å²) in [6, 6.07) is 6.59. The first-order valence-corrected chi connectivity index (χ1v) is 8.10. The van der Waals surface area contributed by atoms with Gasteiger partial charge in [0, 0.05) is 6.04 Å². The summed E-state index contributed by atoms with van der Waals surface area (Å²) in [4.78, 5) is 0. The monoisotopic (exact) mass is 273 g/mol. The molecule has 1 aromatic rings. The third-order valence-electron chi connectivity index (χ3n) is 5.16. The van der Waals surface area contributed by atoms with Crippen molar-refractivity contribution in [2.45, 2.75) is 52.0 Å². The highest BCUT2D eigenvalue weighted by Gasteiger charge is 2.39. The van der Waals surface area contributed by atoms with Gasteiger partial charge in [0.1, 0.15) is 5.75 Å². The van der Waals surface area contributed by atoms with Gasteiger partial charge in [0.05, 0.1) is 6.61 Å². The number of nitrogens with two attached hydrogens (primary N) is 1. The average Bonchev–Trinajstić information content (AvgIpc) is 2.99. The van der Waals surface area contributed by atoms with E-state index in [1.807, 2.05) is 0 Å². The first-order valence-electron chi connectivity index (χ1n) is 8.10. The number of hydrogen-bond acceptors (Lipinski definition) is 2. The molecule has 4 unspecified atom stereocenters. The molecule has 2 aliphatic rings. The SMILES string of the molecule is Cc1cccc(CC(C)N)c1OCC1CC2CCC1C2. The lowest BCUT2D eigenvalue weighted by Crippen LogP contribution is -2.21. The van der Waals surface area contributed by atoms with E-state index < -0.39 is 0 Å². The van der Waals surface area contributed by atoms with E-state index >= 15 is 0 Å². The van der Waals surface area contributed by atoms with Gasteiger partial charge in [-0.15, -0.1) is 0 Å². The van der Waals surface area contributed by atoms with Gasteiger partial charge in [-0.2, -0.15) is 0 Å². The summed E-state index contributed by atoms with van der Waals surface area (Å²) in [7, 11) is 0. The van der Waals surface area contributed by atoms with Crippen LogP contribution in [0.2, 0.25) is 0 Å². The second-order valence-electron chi connectivity index (χ2n) is 6.99. The minimum atomic E-state index is 0.182. The molecule has 2 saturated carbocycles. The molecule has 2 N–H and O–H groups in total. The van der Waals surface area contributed by atoms with Crippen LogP contribution in [-0.4, -0.2) is 12.6 Å². The lowest BCUT2D eigenvalue weighted by atomic mass is 9.89. The third-order valence-corrected chi connectivity index (χ3v) is 5.16. The zero-order valence-electron chi connectivity index (χ0n) is 12.8. The summed E-state index contributed by atoms with van der Waals surface area (Å²) < 4.78 is 6.25. The molecule has 0 aromatic heterocycles. The van der Waals surface area contributed by atoms with Crippen LogP contribution in [0.1, 0.15) is 43.7 Å². The van der Waals surface area contributed by atoms with E-state index in [9.17, 15) is 0 Å². The Kier molecular flexibility index (Phi) is 4.02. The van der Waals surface area contributed by atoms with Gasteiger partial charge in [0.2, 0.25) is 0 Å². The molecule has 2 heteroatoms. The van der Waals surface area contributed by atoms with Crippen LogP contribution in [0, 0.1) is 24.7 Å². The predicted molar refractivity (Wildman–Crippen MR) is 83.0 cm³/mol. The highest BCUT2D eigenvalue weighted by Crippen LogP contribution is 2.48. The molecule has 1 aromatic carbocycles. The molecule has 4 atom stereocenters. The smallest absolute Gasteiger partial charge is 0.125 e. The topological polar surface area (TPSA) is 35.2 Å². The highest BCUT2D eigenvalue weighted by atomic mass is 16.5. The first-order chi connectivity index (χ1) is 9.63. The number of para-hydroxylation sites is 1. The van der Waals surface area contributed by atoms with Crippen molar-refractivity contribution in [3.63, 3.8) is 0 Å². The zero-order chi connectivity index (χ0) is 14.1. The summed E-state index contributed by atoms with van der Waals surface area (Å²) in [5, 5.41) is 0. The van der Waals surface area contributed by atoms with E-state index in [1.54, 1.807) is 0 Å². The maximum atomic E-state index is 6.25. The van der Waals surface area contributed by atoms with Crippen molar-refractivity contribution in [3.05, 3.63) is 29.3 Å². The van der Waals surface area contributed by atoms with Crippen molar-refractivity contribution in [1.29, 1.82) is 0 Å². The van der Waals surface area contributed by atoms with E-state index in [1.165, 1.54) is 36.8 Å². The zero-order valence-corrected chi connectivity index (χ0v) is 12.8. The Hall–Kier alpha value is -1.02. The van der Waals surface area contributed by atoms with E-state index in [0.717, 1.165) is 36.5 Å². The maximum absolute atomic E-state index is 6.25. The molecular weight excluding hydrogens is 246 g/mol. The van der Waals surface area contributed by atoms with Gasteiger partial charge in [-0.25, -0.2) is 0 Å². The molecule has 0 saturated heterocycles. The van der Waals surface area contributed by atoms with E-state index in [0.29, 0.717) is 0 Å². The molecule has 110 valence electrons. The number of hydrogen-bond donors (Lipinski definition) is 1. The Bertz CT molecular complexity index is 468. The minimum Gasteiger partial charge on any atom is -0.493 e. The van der Waals surface area contributed by atoms with Gasteiger partial charge in [0.15, 0.2) is 0 Å². The van der Waals surface area contributed by atoms with Gasteiger partial charge in [-0.3, -0.25) is 0 Å². The second-order valence-corrected chi connectivity index (χ2v) is 6.99. The number of fused-ring (bicyclic) bond motifs is 2. The Balaban J connectivity index is 1.67. The van der Waals surface area contributed by atoms with Crippen molar-refractivity contribution in [1.82, 2.24) is 0 Å². The van der Waals surface area contributed by atoms with Crippen molar-refractivity contribution < 1.29 is 4.74 Å². The summed E-state index contributed by atoms with van der Waals surface area (Å²) in [6.45, 7) is 5.10. The van der Waals surface area contributed by atoms with Gasteiger partial charge in [0.25, 0.3) is 0 Å². The van der Waals surface area contributed by atoms with Gasteiger partial charge in [-0.1, -0.05) is 24.6 Å². The summed E-state index contributed by atoms with van der Waals surface area (Å²) >= 11 is 0. The molecular formula is C18H27NO. The first kappa shape index (κ1) is 13.9. The molecule has 2 fully saturated rings. The third kappa shape index (κ3) is 2.85. The van der Waals surface area contributed by atoms with E-state index in [2.05, 4.69) is 32.0 Å². The number of rotatable bonds is 5. The number of ether oxygens (including phenoxy) is 1. The predicted octanol–water partition coefficient (Wildman–Crippen LogP) is 3.70. The minimum absolute atomic E-state index is 0.182. The van der Waals surface area contributed by atoms with Crippen molar-refractivity contribution in [2.24, 2.45) is 23.5 Å². The molecule has 2 aliphatic carbocycles. The summed E-state index contributed by atoms with van der Waals surface area (Å²) in [5.41, 5.74) is 8.46. The fraction of sp³-hybridized carbons (Fsp3) is 0.667. The molecule has 2 nitrogen and oxygen atoms in total. The normalized spacial score (nSPS) is 29.6. The van der Waals surface area contributed by atoms with Crippen molar-refractivity contribution in [2.75, 3.05) is 6.61 Å². The second kappa shape index (κ2) is 5.77. The van der Waals surface area contributed by atoms with Crippen LogP contribution in [0.25, 0.3) is 0 Å². The van der Waals surface area contributed by atoms with Gasteiger partial charge < -0.3 is 10.5 Å². The number of benzene rings is 1. The van der Waals surface area contributed by atoms with Crippen molar-refractivity contribution >= 4 is 0 Å². The van der Waals surface area contributed by atoms with Crippen LogP contribution in [0.5, 0.6) is 5.75 Å². The van der Waals surface area contributed by atoms with Crippen molar-refractivity contribution in [3.8, 4) is 5.75 Å². The number of aryl methyl sites for hydroxylation is 1. The fourth-order valence-corrected chi connectivity index (χ4v) is 4.20. The van der Waals surface area contributed by atoms with Crippen LogP contribution in [-0.2, 0) is 6.42 Å². The Morgan fingerprint density at radius 3 is 2.80 bits per heavy atom. The summed E-state index contributed by atoms with van der Waals surface area (Å²) in [5.74, 6) is 3.80. The Morgan fingerprint density at radius 2 is 2.15 bits per heavy atom. The average molecular weight is 273 g/mol.